The average Bonchev–Trinajstić information content (AvgIpc) is 3.72. The highest BCUT2D eigenvalue weighted by Gasteiger charge is 2.31. The molecule has 3 aromatic heterocycles. The molecular weight excluding hydrogens is 624 g/mol. The van der Waals surface area contributed by atoms with E-state index >= 15 is 4.39 Å². The van der Waals surface area contributed by atoms with E-state index in [-0.39, 0.29) is 42.4 Å². The zero-order valence-electron chi connectivity index (χ0n) is 26.4. The Labute approximate surface area is 274 Å². The van der Waals surface area contributed by atoms with Gasteiger partial charge in [0.15, 0.2) is 0 Å². The fourth-order valence-corrected chi connectivity index (χ4v) is 6.82. The Morgan fingerprint density at radius 3 is 2.53 bits per heavy atom. The molecule has 0 fully saturated rings. The van der Waals surface area contributed by atoms with Gasteiger partial charge in [0.25, 0.3) is 5.91 Å². The lowest BCUT2D eigenvalue weighted by Gasteiger charge is -2.33. The standard InChI is InChI=1S/C35H33F2N5O4S/c1-6-29(43)41-12-13-42-27(20(41)2)19-26(39-42)33-31(30-25(37)17-23(36)18-28(30)46-15-14-45-5)34-24(11-16-47-34)32(38-33)21-7-9-22(10-8-21)35(44)40(3)4/h6-11,16-20H,1,12-15H2,2-5H3. The first kappa shape index (κ1) is 32.0. The predicted octanol–water partition coefficient (Wildman–Crippen LogP) is 6.59. The van der Waals surface area contributed by atoms with Gasteiger partial charge in [-0.15, -0.1) is 11.3 Å². The molecule has 0 radical (unpaired) electrons. The number of nitrogens with zero attached hydrogens (tertiary/aromatic N) is 5. The van der Waals surface area contributed by atoms with E-state index in [9.17, 15) is 14.0 Å². The van der Waals surface area contributed by atoms with Crippen LogP contribution in [-0.2, 0) is 16.1 Å². The zero-order valence-corrected chi connectivity index (χ0v) is 27.2. The van der Waals surface area contributed by atoms with Crippen LogP contribution in [-0.4, -0.2) is 77.3 Å². The van der Waals surface area contributed by atoms with Crippen molar-refractivity contribution < 1.29 is 27.8 Å². The van der Waals surface area contributed by atoms with E-state index in [1.165, 1.54) is 29.4 Å². The van der Waals surface area contributed by atoms with Crippen LogP contribution in [0.2, 0.25) is 0 Å². The lowest BCUT2D eigenvalue weighted by molar-refractivity contribution is -0.129. The van der Waals surface area contributed by atoms with Gasteiger partial charge >= 0.3 is 0 Å². The van der Waals surface area contributed by atoms with Gasteiger partial charge in [0, 0.05) is 66.7 Å². The molecule has 6 rings (SSSR count). The number of fused-ring (bicyclic) bond motifs is 2. The number of carbonyl (C=O) groups is 2. The van der Waals surface area contributed by atoms with Crippen LogP contribution in [0.15, 0.2) is 66.6 Å². The molecule has 12 heteroatoms. The third-order valence-corrected chi connectivity index (χ3v) is 9.12. The Kier molecular flexibility index (Phi) is 8.89. The molecule has 1 aliphatic rings. The zero-order chi connectivity index (χ0) is 33.4. The summed E-state index contributed by atoms with van der Waals surface area (Å²) in [7, 11) is 4.90. The number of rotatable bonds is 9. The van der Waals surface area contributed by atoms with Gasteiger partial charge in [0.2, 0.25) is 5.91 Å². The van der Waals surface area contributed by atoms with Crippen LogP contribution in [0.3, 0.4) is 0 Å². The molecule has 1 aliphatic heterocycles. The van der Waals surface area contributed by atoms with Crippen molar-refractivity contribution in [2.24, 2.45) is 0 Å². The van der Waals surface area contributed by atoms with E-state index in [4.69, 9.17) is 19.6 Å². The third-order valence-electron chi connectivity index (χ3n) is 8.19. The predicted molar refractivity (Wildman–Crippen MR) is 177 cm³/mol. The Morgan fingerprint density at radius 2 is 1.83 bits per heavy atom. The summed E-state index contributed by atoms with van der Waals surface area (Å²) >= 11 is 1.39. The Balaban J connectivity index is 1.61. The first-order valence-corrected chi connectivity index (χ1v) is 15.9. The second kappa shape index (κ2) is 13.0. The number of hydrogen-bond donors (Lipinski definition) is 0. The summed E-state index contributed by atoms with van der Waals surface area (Å²) in [6, 6.07) is 12.6. The summed E-state index contributed by atoms with van der Waals surface area (Å²) in [6.45, 7) is 6.72. The van der Waals surface area contributed by atoms with Crippen molar-refractivity contribution in [3.63, 3.8) is 0 Å². The molecule has 4 heterocycles. The van der Waals surface area contributed by atoms with E-state index in [1.54, 1.807) is 31.1 Å². The minimum absolute atomic E-state index is 0.0108. The summed E-state index contributed by atoms with van der Waals surface area (Å²) in [4.78, 5) is 33.5. The lowest BCUT2D eigenvalue weighted by atomic mass is 9.96. The highest BCUT2D eigenvalue weighted by atomic mass is 32.1. The molecule has 0 spiro atoms. The van der Waals surface area contributed by atoms with Gasteiger partial charge in [-0.1, -0.05) is 18.7 Å². The Morgan fingerprint density at radius 1 is 1.06 bits per heavy atom. The van der Waals surface area contributed by atoms with Crippen molar-refractivity contribution in [2.75, 3.05) is 41.0 Å². The molecule has 242 valence electrons. The Hall–Kier alpha value is -4.94. The van der Waals surface area contributed by atoms with Gasteiger partial charge in [-0.2, -0.15) is 5.10 Å². The van der Waals surface area contributed by atoms with Crippen molar-refractivity contribution in [1.82, 2.24) is 24.6 Å². The normalized spacial score (nSPS) is 14.3. The van der Waals surface area contributed by atoms with Crippen LogP contribution in [0.4, 0.5) is 8.78 Å². The Bertz CT molecular complexity index is 2000. The van der Waals surface area contributed by atoms with Gasteiger partial charge in [0.1, 0.15) is 35.4 Å². The number of carbonyl (C=O) groups excluding carboxylic acids is 2. The fourth-order valence-electron chi connectivity index (χ4n) is 5.87. The topological polar surface area (TPSA) is 89.8 Å². The van der Waals surface area contributed by atoms with Crippen LogP contribution in [0, 0.1) is 11.6 Å². The minimum Gasteiger partial charge on any atom is -0.490 e. The molecule has 9 nitrogen and oxygen atoms in total. The number of ether oxygens (including phenoxy) is 2. The summed E-state index contributed by atoms with van der Waals surface area (Å²) in [6.07, 6.45) is 1.29. The molecule has 0 saturated carbocycles. The molecule has 47 heavy (non-hydrogen) atoms. The monoisotopic (exact) mass is 657 g/mol. The number of amides is 2. The summed E-state index contributed by atoms with van der Waals surface area (Å²) < 4.78 is 44.2. The molecule has 0 N–H and O–H groups in total. The highest BCUT2D eigenvalue weighted by Crippen LogP contribution is 2.47. The molecule has 0 saturated heterocycles. The highest BCUT2D eigenvalue weighted by molar-refractivity contribution is 7.18. The van der Waals surface area contributed by atoms with E-state index in [1.807, 2.05) is 41.3 Å². The van der Waals surface area contributed by atoms with Gasteiger partial charge in [0.05, 0.1) is 36.1 Å². The van der Waals surface area contributed by atoms with Crippen LogP contribution >= 0.6 is 11.3 Å². The molecule has 2 aromatic carbocycles. The number of halogens is 2. The molecule has 1 unspecified atom stereocenters. The maximum absolute atomic E-state index is 16.0. The first-order valence-electron chi connectivity index (χ1n) is 15.0. The van der Waals surface area contributed by atoms with Crippen molar-refractivity contribution in [3.8, 4) is 39.5 Å². The van der Waals surface area contributed by atoms with Crippen LogP contribution in [0.5, 0.6) is 5.75 Å². The van der Waals surface area contributed by atoms with Crippen LogP contribution < -0.4 is 4.74 Å². The first-order chi connectivity index (χ1) is 22.6. The minimum atomic E-state index is -0.811. The van der Waals surface area contributed by atoms with Crippen LogP contribution in [0.25, 0.3) is 43.9 Å². The molecule has 0 aliphatic carbocycles. The van der Waals surface area contributed by atoms with Crippen LogP contribution in [0.1, 0.15) is 29.0 Å². The maximum atomic E-state index is 16.0. The summed E-state index contributed by atoms with van der Waals surface area (Å²) in [5.74, 6) is -1.89. The van der Waals surface area contributed by atoms with Crippen molar-refractivity contribution in [3.05, 3.63) is 89.5 Å². The van der Waals surface area contributed by atoms with E-state index in [2.05, 4.69) is 6.58 Å². The summed E-state index contributed by atoms with van der Waals surface area (Å²) in [5, 5.41) is 7.53. The number of pyridine rings is 1. The largest absolute Gasteiger partial charge is 0.490 e. The smallest absolute Gasteiger partial charge is 0.253 e. The molecule has 5 aromatic rings. The number of hydrogen-bond acceptors (Lipinski definition) is 7. The van der Waals surface area contributed by atoms with Crippen molar-refractivity contribution in [1.29, 1.82) is 0 Å². The van der Waals surface area contributed by atoms with Gasteiger partial charge in [-0.05, 0) is 42.6 Å². The quantitative estimate of drug-likeness (QED) is 0.131. The molecule has 2 amide bonds. The van der Waals surface area contributed by atoms with Gasteiger partial charge in [-0.25, -0.2) is 13.8 Å². The van der Waals surface area contributed by atoms with E-state index in [0.717, 1.165) is 28.8 Å². The molecular formula is C35H33F2N5O4S. The third kappa shape index (κ3) is 5.90. The number of methoxy groups -OCH3 is 1. The number of aromatic nitrogens is 3. The average molecular weight is 658 g/mol. The second-order valence-corrected chi connectivity index (χ2v) is 12.2. The van der Waals surface area contributed by atoms with E-state index < -0.39 is 11.6 Å². The lowest BCUT2D eigenvalue weighted by Crippen LogP contribution is -2.40. The van der Waals surface area contributed by atoms with Gasteiger partial charge < -0.3 is 19.3 Å². The van der Waals surface area contributed by atoms with Crippen molar-refractivity contribution in [2.45, 2.75) is 19.5 Å². The van der Waals surface area contributed by atoms with Crippen molar-refractivity contribution >= 4 is 33.2 Å². The van der Waals surface area contributed by atoms with Gasteiger partial charge in [-0.3, -0.25) is 14.3 Å². The SMILES string of the molecule is C=CC(=O)N1CCn2nc(-c3nc(-c4ccc(C(=O)N(C)C)cc4)c4ccsc4c3-c3c(F)cc(F)cc3OCCOC)cc2C1C. The molecule has 1 atom stereocenters. The number of benzene rings is 2. The van der Waals surface area contributed by atoms with E-state index in [0.29, 0.717) is 46.0 Å². The number of thiophene rings is 1. The maximum Gasteiger partial charge on any atom is 0.253 e. The fraction of sp³-hybridized carbons (Fsp3) is 0.257. The second-order valence-electron chi connectivity index (χ2n) is 11.3. The molecule has 0 bridgehead atoms. The summed E-state index contributed by atoms with van der Waals surface area (Å²) in [5.41, 5.74) is 3.94.